The third kappa shape index (κ3) is 6.29. The highest BCUT2D eigenvalue weighted by atomic mass is 32.1. The maximum Gasteiger partial charge on any atom is 0.410 e. The van der Waals surface area contributed by atoms with Gasteiger partial charge in [0.2, 0.25) is 0 Å². The first kappa shape index (κ1) is 29.6. The molecule has 1 amide bonds. The molecule has 0 spiro atoms. The van der Waals surface area contributed by atoms with Crippen LogP contribution in [-0.2, 0) is 20.8 Å². The molecule has 43 heavy (non-hydrogen) atoms. The van der Waals surface area contributed by atoms with E-state index in [1.165, 1.54) is 11.3 Å². The molecule has 2 saturated heterocycles. The molecule has 11 heteroatoms. The molecular weight excluding hydrogens is 568 g/mol. The standard InChI is InChI=1S/C32H38N4O6S/c1-32(2,3)42-31(38)36-17-21(14-22(36)19-41-28-6-4-5-10-40-28)35-9-11-39-27-13-20(16-33)12-25(29(27)35)24-7-8-34-26-15-23(18-37)43-30(24)26/h7-8,12-13,15,21-22,28,37H,4-6,9-11,14,17-19H2,1-3H3/t21-,22+,28?/m0/s1. The van der Waals surface area contributed by atoms with Gasteiger partial charge in [-0.2, -0.15) is 5.26 Å². The second kappa shape index (κ2) is 12.3. The van der Waals surface area contributed by atoms with E-state index >= 15 is 0 Å². The summed E-state index contributed by atoms with van der Waals surface area (Å²) in [7, 11) is 0. The highest BCUT2D eigenvalue weighted by Gasteiger charge is 2.42. The number of likely N-dealkylation sites (tertiary alicyclic amines) is 1. The number of aromatic nitrogens is 1. The highest BCUT2D eigenvalue weighted by molar-refractivity contribution is 7.19. The van der Waals surface area contributed by atoms with E-state index in [1.807, 2.05) is 39.0 Å². The lowest BCUT2D eigenvalue weighted by Crippen LogP contribution is -2.45. The van der Waals surface area contributed by atoms with Crippen molar-refractivity contribution in [2.24, 2.45) is 0 Å². The predicted molar refractivity (Wildman–Crippen MR) is 163 cm³/mol. The molecule has 1 aromatic carbocycles. The third-order valence-electron chi connectivity index (χ3n) is 8.06. The molecule has 3 aliphatic rings. The van der Waals surface area contributed by atoms with Gasteiger partial charge in [0, 0.05) is 47.5 Å². The molecule has 3 aliphatic heterocycles. The second-order valence-corrected chi connectivity index (χ2v) is 13.4. The summed E-state index contributed by atoms with van der Waals surface area (Å²) >= 11 is 1.49. The highest BCUT2D eigenvalue weighted by Crippen LogP contribution is 2.47. The number of rotatable bonds is 6. The van der Waals surface area contributed by atoms with Crippen molar-refractivity contribution in [3.05, 3.63) is 40.9 Å². The number of nitrogens with zero attached hydrogens (tertiary/aromatic N) is 4. The fraction of sp³-hybridized carbons (Fsp3) is 0.531. The quantitative estimate of drug-likeness (QED) is 0.391. The number of amides is 1. The van der Waals surface area contributed by atoms with Gasteiger partial charge in [-0.1, -0.05) is 0 Å². The Hall–Kier alpha value is -3.43. The molecule has 2 aromatic heterocycles. The normalized spacial score (nSPS) is 22.3. The van der Waals surface area contributed by atoms with E-state index < -0.39 is 5.60 Å². The summed E-state index contributed by atoms with van der Waals surface area (Å²) in [6, 6.07) is 9.61. The molecule has 10 nitrogen and oxygen atoms in total. The molecule has 0 saturated carbocycles. The Balaban J connectivity index is 1.36. The minimum absolute atomic E-state index is 0.0311. The van der Waals surface area contributed by atoms with Crippen LogP contribution in [0.4, 0.5) is 10.5 Å². The number of carbonyl (C=O) groups excluding carboxylic acids is 1. The smallest absolute Gasteiger partial charge is 0.410 e. The molecule has 1 N–H and O–H groups in total. The molecule has 1 unspecified atom stereocenters. The molecule has 3 aromatic rings. The number of anilines is 1. The first-order valence-electron chi connectivity index (χ1n) is 14.9. The van der Waals surface area contributed by atoms with Crippen molar-refractivity contribution in [3.63, 3.8) is 0 Å². The van der Waals surface area contributed by atoms with Gasteiger partial charge in [-0.15, -0.1) is 11.3 Å². The molecule has 2 fully saturated rings. The van der Waals surface area contributed by atoms with Crippen LogP contribution in [0.25, 0.3) is 21.3 Å². The summed E-state index contributed by atoms with van der Waals surface area (Å²) in [5, 5.41) is 19.7. The lowest BCUT2D eigenvalue weighted by atomic mass is 9.97. The van der Waals surface area contributed by atoms with Crippen molar-refractivity contribution >= 4 is 33.3 Å². The lowest BCUT2D eigenvalue weighted by molar-refractivity contribution is -0.168. The van der Waals surface area contributed by atoms with E-state index in [4.69, 9.17) is 18.9 Å². The van der Waals surface area contributed by atoms with Crippen molar-refractivity contribution in [3.8, 4) is 22.9 Å². The maximum atomic E-state index is 13.5. The third-order valence-corrected chi connectivity index (χ3v) is 9.21. The van der Waals surface area contributed by atoms with E-state index in [0.29, 0.717) is 50.6 Å². The largest absolute Gasteiger partial charge is 0.489 e. The van der Waals surface area contributed by atoms with E-state index in [1.54, 1.807) is 17.2 Å². The number of hydrogen-bond donors (Lipinski definition) is 1. The Kier molecular flexibility index (Phi) is 8.47. The van der Waals surface area contributed by atoms with Gasteiger partial charge in [-0.05, 0) is 64.7 Å². The van der Waals surface area contributed by atoms with Gasteiger partial charge in [-0.25, -0.2) is 4.79 Å². The number of fused-ring (bicyclic) bond motifs is 2. The molecular formula is C32H38N4O6S. The number of nitriles is 1. The van der Waals surface area contributed by atoms with E-state index in [-0.39, 0.29) is 31.1 Å². The molecule has 0 aliphatic carbocycles. The van der Waals surface area contributed by atoms with Crippen LogP contribution in [-0.4, -0.2) is 78.0 Å². The number of thiophene rings is 1. The molecule has 0 radical (unpaired) electrons. The first-order valence-corrected chi connectivity index (χ1v) is 15.7. The summed E-state index contributed by atoms with van der Waals surface area (Å²) < 4.78 is 24.9. The zero-order chi connectivity index (χ0) is 30.1. The number of aliphatic hydroxyl groups is 1. The number of hydrogen-bond acceptors (Lipinski definition) is 10. The Labute approximate surface area is 255 Å². The number of benzene rings is 1. The van der Waals surface area contributed by atoms with Gasteiger partial charge in [0.05, 0.1) is 53.3 Å². The number of pyridine rings is 1. The van der Waals surface area contributed by atoms with Crippen LogP contribution >= 0.6 is 11.3 Å². The minimum Gasteiger partial charge on any atom is -0.489 e. The summed E-state index contributed by atoms with van der Waals surface area (Å²) in [5.74, 6) is 0.642. The van der Waals surface area contributed by atoms with Gasteiger partial charge < -0.3 is 33.9 Å². The monoisotopic (exact) mass is 606 g/mol. The SMILES string of the molecule is CC(C)(C)OC(=O)N1C[C@@H](N2CCOc3cc(C#N)cc(-c4ccnc5cc(CO)sc45)c32)C[C@@H]1COC1CCCCO1. The Morgan fingerprint density at radius 1 is 1.23 bits per heavy atom. The van der Waals surface area contributed by atoms with E-state index in [2.05, 4.69) is 16.0 Å². The molecule has 6 rings (SSSR count). The number of ether oxygens (including phenoxy) is 4. The Morgan fingerprint density at radius 3 is 2.84 bits per heavy atom. The average molecular weight is 607 g/mol. The van der Waals surface area contributed by atoms with E-state index in [9.17, 15) is 15.2 Å². The average Bonchev–Trinajstić information content (AvgIpc) is 3.63. The van der Waals surface area contributed by atoms with E-state index in [0.717, 1.165) is 51.2 Å². The molecule has 3 atom stereocenters. The number of carbonyl (C=O) groups is 1. The van der Waals surface area contributed by atoms with Gasteiger partial charge in [-0.3, -0.25) is 4.98 Å². The lowest BCUT2D eigenvalue weighted by Gasteiger charge is -2.37. The van der Waals surface area contributed by atoms with Gasteiger partial charge in [0.25, 0.3) is 0 Å². The maximum absolute atomic E-state index is 13.5. The topological polar surface area (TPSA) is 117 Å². The van der Waals surface area contributed by atoms with Crippen LogP contribution in [0.2, 0.25) is 0 Å². The van der Waals surface area contributed by atoms with Crippen LogP contribution in [0.15, 0.2) is 30.5 Å². The number of aliphatic hydroxyl groups excluding tert-OH is 1. The summed E-state index contributed by atoms with van der Waals surface area (Å²) in [4.78, 5) is 22.9. The van der Waals surface area contributed by atoms with Crippen molar-refractivity contribution in [1.82, 2.24) is 9.88 Å². The fourth-order valence-corrected chi connectivity index (χ4v) is 7.17. The van der Waals surface area contributed by atoms with Crippen LogP contribution in [0, 0.1) is 11.3 Å². The molecule has 5 heterocycles. The van der Waals surface area contributed by atoms with Crippen molar-refractivity contribution < 1.29 is 28.8 Å². The van der Waals surface area contributed by atoms with Gasteiger partial charge in [0.15, 0.2) is 6.29 Å². The summed E-state index contributed by atoms with van der Waals surface area (Å²) in [6.07, 6.45) is 4.79. The van der Waals surface area contributed by atoms with Gasteiger partial charge >= 0.3 is 6.09 Å². The van der Waals surface area contributed by atoms with Crippen LogP contribution in [0.1, 0.15) is 56.9 Å². The summed E-state index contributed by atoms with van der Waals surface area (Å²) in [6.45, 7) is 8.16. The fourth-order valence-electron chi connectivity index (χ4n) is 6.17. The van der Waals surface area contributed by atoms with Crippen molar-refractivity contribution in [1.29, 1.82) is 5.26 Å². The molecule has 0 bridgehead atoms. The Bertz CT molecular complexity index is 1520. The zero-order valence-corrected chi connectivity index (χ0v) is 25.7. The second-order valence-electron chi connectivity index (χ2n) is 12.3. The zero-order valence-electron chi connectivity index (χ0n) is 24.9. The van der Waals surface area contributed by atoms with Crippen molar-refractivity contribution in [2.45, 2.75) is 77.0 Å². The van der Waals surface area contributed by atoms with Crippen LogP contribution < -0.4 is 9.64 Å². The minimum atomic E-state index is -0.625. The predicted octanol–water partition coefficient (Wildman–Crippen LogP) is 5.45. The van der Waals surface area contributed by atoms with Crippen molar-refractivity contribution in [2.75, 3.05) is 37.8 Å². The summed E-state index contributed by atoms with van der Waals surface area (Å²) in [5.41, 5.74) is 3.36. The first-order chi connectivity index (χ1) is 20.7. The Morgan fingerprint density at radius 2 is 2.09 bits per heavy atom. The van der Waals surface area contributed by atoms with Crippen LogP contribution in [0.5, 0.6) is 5.75 Å². The van der Waals surface area contributed by atoms with Gasteiger partial charge in [0.1, 0.15) is 18.0 Å². The van der Waals surface area contributed by atoms with Crippen LogP contribution in [0.3, 0.4) is 0 Å². The molecule has 228 valence electrons.